The van der Waals surface area contributed by atoms with Gasteiger partial charge in [-0.05, 0) is 32.6 Å². The first-order valence-electron chi connectivity index (χ1n) is 5.51. The SMILES string of the molecule is CC[C@@H]1C[C@H](C)CN1C(=O)OC(C)C. The molecule has 82 valence electrons. The Hall–Kier alpha value is -0.730. The van der Waals surface area contributed by atoms with Crippen LogP contribution in [0.3, 0.4) is 0 Å². The van der Waals surface area contributed by atoms with E-state index in [9.17, 15) is 4.79 Å². The van der Waals surface area contributed by atoms with Gasteiger partial charge in [-0.15, -0.1) is 0 Å². The highest BCUT2D eigenvalue weighted by Crippen LogP contribution is 2.25. The minimum atomic E-state index is -0.142. The third kappa shape index (κ3) is 2.63. The van der Waals surface area contributed by atoms with Gasteiger partial charge < -0.3 is 9.64 Å². The van der Waals surface area contributed by atoms with E-state index in [-0.39, 0.29) is 12.2 Å². The number of ether oxygens (including phenoxy) is 1. The van der Waals surface area contributed by atoms with Crippen LogP contribution in [0.4, 0.5) is 4.79 Å². The first-order valence-corrected chi connectivity index (χ1v) is 5.51. The largest absolute Gasteiger partial charge is 0.447 e. The average molecular weight is 199 g/mol. The zero-order valence-corrected chi connectivity index (χ0v) is 9.62. The summed E-state index contributed by atoms with van der Waals surface area (Å²) in [6.45, 7) is 8.93. The normalized spacial score (nSPS) is 27.1. The van der Waals surface area contributed by atoms with Crippen molar-refractivity contribution in [2.24, 2.45) is 5.92 Å². The molecule has 3 nitrogen and oxygen atoms in total. The quantitative estimate of drug-likeness (QED) is 0.684. The molecule has 0 aromatic carbocycles. The monoisotopic (exact) mass is 199 g/mol. The highest BCUT2D eigenvalue weighted by molar-refractivity contribution is 5.68. The van der Waals surface area contributed by atoms with Crippen LogP contribution in [-0.4, -0.2) is 29.7 Å². The Labute approximate surface area is 86.4 Å². The van der Waals surface area contributed by atoms with Crippen molar-refractivity contribution in [2.75, 3.05) is 6.54 Å². The van der Waals surface area contributed by atoms with Crippen molar-refractivity contribution in [1.29, 1.82) is 0 Å². The van der Waals surface area contributed by atoms with Crippen molar-refractivity contribution in [1.82, 2.24) is 4.90 Å². The molecule has 1 aliphatic rings. The molecule has 0 aromatic rings. The lowest BCUT2D eigenvalue weighted by molar-refractivity contribution is 0.0722. The van der Waals surface area contributed by atoms with Crippen molar-refractivity contribution in [2.45, 2.75) is 52.7 Å². The van der Waals surface area contributed by atoms with Gasteiger partial charge in [0.25, 0.3) is 0 Å². The standard InChI is InChI=1S/C11H21NO2/c1-5-10-6-9(4)7-12(10)11(13)14-8(2)3/h8-10H,5-7H2,1-4H3/t9-,10+/m0/s1. The zero-order valence-electron chi connectivity index (χ0n) is 9.62. The van der Waals surface area contributed by atoms with E-state index in [2.05, 4.69) is 13.8 Å². The molecule has 0 bridgehead atoms. The zero-order chi connectivity index (χ0) is 10.7. The van der Waals surface area contributed by atoms with Gasteiger partial charge in [-0.1, -0.05) is 13.8 Å². The summed E-state index contributed by atoms with van der Waals surface area (Å²) in [5.74, 6) is 0.611. The number of amides is 1. The van der Waals surface area contributed by atoms with Crippen LogP contribution in [0.1, 0.15) is 40.5 Å². The molecule has 0 saturated carbocycles. The maximum absolute atomic E-state index is 11.7. The minimum absolute atomic E-state index is 0.0177. The Morgan fingerprint density at radius 3 is 2.71 bits per heavy atom. The minimum Gasteiger partial charge on any atom is -0.447 e. The van der Waals surface area contributed by atoms with Gasteiger partial charge in [0.1, 0.15) is 0 Å². The fourth-order valence-corrected chi connectivity index (χ4v) is 2.03. The van der Waals surface area contributed by atoms with E-state index in [1.54, 1.807) is 0 Å². The molecule has 2 atom stereocenters. The maximum Gasteiger partial charge on any atom is 0.410 e. The molecule has 1 fully saturated rings. The molecular weight excluding hydrogens is 178 g/mol. The molecule has 3 heteroatoms. The summed E-state index contributed by atoms with van der Waals surface area (Å²) in [6.07, 6.45) is 1.98. The lowest BCUT2D eigenvalue weighted by Crippen LogP contribution is -2.36. The van der Waals surface area contributed by atoms with E-state index >= 15 is 0 Å². The Bertz CT molecular complexity index is 203. The Morgan fingerprint density at radius 1 is 1.57 bits per heavy atom. The van der Waals surface area contributed by atoms with Gasteiger partial charge >= 0.3 is 6.09 Å². The fraction of sp³-hybridized carbons (Fsp3) is 0.909. The molecule has 1 saturated heterocycles. The van der Waals surface area contributed by atoms with E-state index in [4.69, 9.17) is 4.74 Å². The van der Waals surface area contributed by atoms with Gasteiger partial charge in [-0.25, -0.2) is 4.79 Å². The first kappa shape index (κ1) is 11.3. The second-order valence-corrected chi connectivity index (χ2v) is 4.49. The van der Waals surface area contributed by atoms with Crippen molar-refractivity contribution in [3.8, 4) is 0 Å². The van der Waals surface area contributed by atoms with Crippen LogP contribution in [0.15, 0.2) is 0 Å². The van der Waals surface area contributed by atoms with Crippen LogP contribution in [-0.2, 0) is 4.74 Å². The van der Waals surface area contributed by atoms with E-state index in [0.717, 1.165) is 19.4 Å². The van der Waals surface area contributed by atoms with Crippen LogP contribution >= 0.6 is 0 Å². The van der Waals surface area contributed by atoms with Gasteiger partial charge in [0, 0.05) is 12.6 Å². The smallest absolute Gasteiger partial charge is 0.410 e. The van der Waals surface area contributed by atoms with Crippen molar-refractivity contribution in [3.63, 3.8) is 0 Å². The summed E-state index contributed by atoms with van der Waals surface area (Å²) in [6, 6.07) is 0.385. The molecule has 1 rings (SSSR count). The lowest BCUT2D eigenvalue weighted by Gasteiger charge is -2.23. The van der Waals surface area contributed by atoms with E-state index in [0.29, 0.717) is 12.0 Å². The van der Waals surface area contributed by atoms with Crippen molar-refractivity contribution >= 4 is 6.09 Å². The van der Waals surface area contributed by atoms with Crippen LogP contribution < -0.4 is 0 Å². The summed E-state index contributed by atoms with van der Waals surface area (Å²) in [5.41, 5.74) is 0. The Balaban J connectivity index is 2.53. The summed E-state index contributed by atoms with van der Waals surface area (Å²) >= 11 is 0. The third-order valence-corrected chi connectivity index (χ3v) is 2.67. The number of carbonyl (C=O) groups is 1. The van der Waals surface area contributed by atoms with Crippen molar-refractivity contribution in [3.05, 3.63) is 0 Å². The highest BCUT2D eigenvalue weighted by Gasteiger charge is 2.32. The average Bonchev–Trinajstić information content (AvgIpc) is 2.45. The first-order chi connectivity index (χ1) is 6.54. The van der Waals surface area contributed by atoms with E-state index in [1.165, 1.54) is 0 Å². The van der Waals surface area contributed by atoms with Gasteiger partial charge in [-0.3, -0.25) is 0 Å². The number of hydrogen-bond donors (Lipinski definition) is 0. The Morgan fingerprint density at radius 2 is 2.21 bits per heavy atom. The molecule has 0 radical (unpaired) electrons. The van der Waals surface area contributed by atoms with Crippen LogP contribution in [0.2, 0.25) is 0 Å². The fourth-order valence-electron chi connectivity index (χ4n) is 2.03. The van der Waals surface area contributed by atoms with Gasteiger partial charge in [0.05, 0.1) is 6.10 Å². The van der Waals surface area contributed by atoms with Crippen molar-refractivity contribution < 1.29 is 9.53 Å². The number of carbonyl (C=O) groups excluding carboxylic acids is 1. The molecular formula is C11H21NO2. The Kier molecular flexibility index (Phi) is 3.78. The third-order valence-electron chi connectivity index (χ3n) is 2.67. The van der Waals surface area contributed by atoms with Crippen LogP contribution in [0.25, 0.3) is 0 Å². The summed E-state index contributed by atoms with van der Waals surface area (Å²) < 4.78 is 5.20. The lowest BCUT2D eigenvalue weighted by atomic mass is 10.1. The second-order valence-electron chi connectivity index (χ2n) is 4.49. The predicted molar refractivity (Wildman–Crippen MR) is 56.2 cm³/mol. The van der Waals surface area contributed by atoms with Crippen LogP contribution in [0, 0.1) is 5.92 Å². The molecule has 1 heterocycles. The molecule has 0 unspecified atom stereocenters. The maximum atomic E-state index is 11.7. The highest BCUT2D eigenvalue weighted by atomic mass is 16.6. The van der Waals surface area contributed by atoms with E-state index < -0.39 is 0 Å². The number of hydrogen-bond acceptors (Lipinski definition) is 2. The molecule has 1 amide bonds. The summed E-state index contributed by atoms with van der Waals surface area (Å²) in [7, 11) is 0. The molecule has 0 spiro atoms. The van der Waals surface area contributed by atoms with Crippen LogP contribution in [0.5, 0.6) is 0 Å². The number of rotatable bonds is 2. The molecule has 0 aromatic heterocycles. The molecule has 14 heavy (non-hydrogen) atoms. The number of nitrogens with zero attached hydrogens (tertiary/aromatic N) is 1. The summed E-state index contributed by atoms with van der Waals surface area (Å²) in [4.78, 5) is 13.6. The van der Waals surface area contributed by atoms with Gasteiger partial charge in [0.15, 0.2) is 0 Å². The van der Waals surface area contributed by atoms with Gasteiger partial charge in [-0.2, -0.15) is 0 Å². The second kappa shape index (κ2) is 4.67. The summed E-state index contributed by atoms with van der Waals surface area (Å²) in [5, 5.41) is 0. The van der Waals surface area contributed by atoms with Gasteiger partial charge in [0.2, 0.25) is 0 Å². The molecule has 1 aliphatic heterocycles. The van der Waals surface area contributed by atoms with E-state index in [1.807, 2.05) is 18.7 Å². The topological polar surface area (TPSA) is 29.5 Å². The molecule has 0 N–H and O–H groups in total. The predicted octanol–water partition coefficient (Wildman–Crippen LogP) is 2.65. The number of likely N-dealkylation sites (tertiary alicyclic amines) is 1. The molecule has 0 aliphatic carbocycles.